The van der Waals surface area contributed by atoms with Gasteiger partial charge in [-0.15, -0.1) is 0 Å². The smallest absolute Gasteiger partial charge is 0.407 e. The van der Waals surface area contributed by atoms with Gasteiger partial charge in [-0.3, -0.25) is 0 Å². The molecule has 0 rings (SSSR count). The molecule has 74 valence electrons. The summed E-state index contributed by atoms with van der Waals surface area (Å²) in [5, 5.41) is 2.64. The van der Waals surface area contributed by atoms with Crippen molar-refractivity contribution in [3.05, 3.63) is 0 Å². The van der Waals surface area contributed by atoms with E-state index in [-0.39, 0.29) is 13.6 Å². The first-order valence-electron chi connectivity index (χ1n) is 4.11. The number of nitrogens with one attached hydrogen (secondary N) is 1. The van der Waals surface area contributed by atoms with Crippen molar-refractivity contribution in [2.45, 2.75) is 20.0 Å². The van der Waals surface area contributed by atoms with Crippen molar-refractivity contribution in [3.63, 3.8) is 0 Å². The standard InChI is InChI=1S/C8H18N2O2.H2/c1-7(2)12-8(11)9-5-6-10(3)4;/h7H,5-6H2,1-4H3,(H,9,11);1H. The Morgan fingerprint density at radius 2 is 2.17 bits per heavy atom. The van der Waals surface area contributed by atoms with Crippen molar-refractivity contribution in [1.29, 1.82) is 0 Å². The number of hydrogen-bond donors (Lipinski definition) is 1. The first-order chi connectivity index (χ1) is 5.52. The van der Waals surface area contributed by atoms with Gasteiger partial charge in [-0.05, 0) is 27.9 Å². The van der Waals surface area contributed by atoms with Crippen LogP contribution in [-0.4, -0.2) is 44.3 Å². The molecular weight excluding hydrogens is 156 g/mol. The zero-order chi connectivity index (χ0) is 9.56. The summed E-state index contributed by atoms with van der Waals surface area (Å²) in [5.41, 5.74) is 0. The zero-order valence-electron chi connectivity index (χ0n) is 8.26. The van der Waals surface area contributed by atoms with Crippen LogP contribution in [0.25, 0.3) is 0 Å². The lowest BCUT2D eigenvalue weighted by molar-refractivity contribution is 0.115. The molecule has 1 N–H and O–H groups in total. The number of carbonyl (C=O) groups excluding carboxylic acids is 1. The van der Waals surface area contributed by atoms with Crippen molar-refractivity contribution in [2.24, 2.45) is 0 Å². The summed E-state index contributed by atoms with van der Waals surface area (Å²) < 4.78 is 4.86. The first-order valence-corrected chi connectivity index (χ1v) is 4.11. The quantitative estimate of drug-likeness (QED) is 0.692. The molecule has 0 aromatic rings. The number of amides is 1. The summed E-state index contributed by atoms with van der Waals surface area (Å²) >= 11 is 0. The monoisotopic (exact) mass is 176 g/mol. The lowest BCUT2D eigenvalue weighted by Gasteiger charge is -2.11. The van der Waals surface area contributed by atoms with E-state index in [1.165, 1.54) is 0 Å². The Kier molecular flexibility index (Phi) is 5.45. The molecule has 0 atom stereocenters. The highest BCUT2D eigenvalue weighted by Gasteiger charge is 2.02. The average molecular weight is 176 g/mol. The molecule has 0 bridgehead atoms. The third-order valence-electron chi connectivity index (χ3n) is 1.17. The summed E-state index contributed by atoms with van der Waals surface area (Å²) in [6.45, 7) is 5.10. The normalized spacial score (nSPS) is 10.5. The molecule has 1 amide bonds. The molecule has 12 heavy (non-hydrogen) atoms. The van der Waals surface area contributed by atoms with Crippen LogP contribution in [0.3, 0.4) is 0 Å². The summed E-state index contributed by atoms with van der Waals surface area (Å²) in [7, 11) is 3.91. The van der Waals surface area contributed by atoms with Crippen molar-refractivity contribution in [2.75, 3.05) is 27.2 Å². The molecular formula is C8H20N2O2. The highest BCUT2D eigenvalue weighted by atomic mass is 16.6. The number of ether oxygens (including phenoxy) is 1. The highest BCUT2D eigenvalue weighted by Crippen LogP contribution is 1.87. The topological polar surface area (TPSA) is 41.6 Å². The van der Waals surface area contributed by atoms with E-state index >= 15 is 0 Å². The van der Waals surface area contributed by atoms with Crippen LogP contribution >= 0.6 is 0 Å². The Hall–Kier alpha value is -0.770. The second-order valence-electron chi connectivity index (χ2n) is 3.18. The Bertz CT molecular complexity index is 140. The third kappa shape index (κ3) is 7.34. The Balaban J connectivity index is 0. The first kappa shape index (κ1) is 11.2. The van der Waals surface area contributed by atoms with Crippen LogP contribution in [0, 0.1) is 0 Å². The van der Waals surface area contributed by atoms with Gasteiger partial charge in [0.15, 0.2) is 0 Å². The van der Waals surface area contributed by atoms with Gasteiger partial charge >= 0.3 is 6.09 Å². The van der Waals surface area contributed by atoms with Gasteiger partial charge in [-0.2, -0.15) is 0 Å². The van der Waals surface area contributed by atoms with Gasteiger partial charge in [0, 0.05) is 14.5 Å². The average Bonchev–Trinajstić information content (AvgIpc) is 1.84. The summed E-state index contributed by atoms with van der Waals surface area (Å²) in [6, 6.07) is 0. The summed E-state index contributed by atoms with van der Waals surface area (Å²) in [5.74, 6) is 0. The van der Waals surface area contributed by atoms with Crippen molar-refractivity contribution in [1.82, 2.24) is 10.2 Å². The number of alkyl carbamates (subject to hydrolysis) is 1. The van der Waals surface area contributed by atoms with Crippen molar-refractivity contribution >= 4 is 6.09 Å². The predicted octanol–water partition coefficient (Wildman–Crippen LogP) is 0.929. The molecule has 4 heteroatoms. The van der Waals surface area contributed by atoms with Gasteiger partial charge in [-0.1, -0.05) is 0 Å². The lowest BCUT2D eigenvalue weighted by atomic mass is 10.5. The largest absolute Gasteiger partial charge is 0.447 e. The van der Waals surface area contributed by atoms with E-state index in [4.69, 9.17) is 4.74 Å². The van der Waals surface area contributed by atoms with Crippen LogP contribution in [0.15, 0.2) is 0 Å². The van der Waals surface area contributed by atoms with Gasteiger partial charge in [0.25, 0.3) is 0 Å². The van der Waals surface area contributed by atoms with E-state index in [9.17, 15) is 4.79 Å². The Morgan fingerprint density at radius 1 is 1.58 bits per heavy atom. The summed E-state index contributed by atoms with van der Waals surface area (Å²) in [6.07, 6.45) is -0.392. The minimum Gasteiger partial charge on any atom is -0.447 e. The second-order valence-corrected chi connectivity index (χ2v) is 3.18. The molecule has 0 radical (unpaired) electrons. The molecule has 0 aromatic carbocycles. The number of likely N-dealkylation sites (N-methyl/N-ethyl adjacent to an activating group) is 1. The second kappa shape index (κ2) is 5.83. The number of nitrogens with zero attached hydrogens (tertiary/aromatic N) is 1. The molecule has 0 spiro atoms. The number of carbonyl (C=O) groups is 1. The van der Waals surface area contributed by atoms with E-state index in [1.807, 2.05) is 32.8 Å². The number of hydrogen-bond acceptors (Lipinski definition) is 3. The minimum absolute atomic E-state index is 0. The third-order valence-corrected chi connectivity index (χ3v) is 1.17. The maximum atomic E-state index is 10.9. The van der Waals surface area contributed by atoms with E-state index < -0.39 is 0 Å². The van der Waals surface area contributed by atoms with Gasteiger partial charge in [0.1, 0.15) is 0 Å². The minimum atomic E-state index is -0.341. The van der Waals surface area contributed by atoms with Crippen LogP contribution in [0.2, 0.25) is 0 Å². The number of rotatable bonds is 4. The fourth-order valence-electron chi connectivity index (χ4n) is 0.637. The molecule has 0 heterocycles. The van der Waals surface area contributed by atoms with Crippen molar-refractivity contribution in [3.8, 4) is 0 Å². The molecule has 0 fully saturated rings. The molecule has 0 unspecified atom stereocenters. The molecule has 0 aromatic heterocycles. The van der Waals surface area contributed by atoms with Crippen molar-refractivity contribution < 1.29 is 11.0 Å². The maximum absolute atomic E-state index is 10.9. The predicted molar refractivity (Wildman–Crippen MR) is 50.3 cm³/mol. The van der Waals surface area contributed by atoms with Crippen LogP contribution < -0.4 is 5.32 Å². The van der Waals surface area contributed by atoms with Gasteiger partial charge in [0.05, 0.1) is 6.10 Å². The fourth-order valence-corrected chi connectivity index (χ4v) is 0.637. The molecule has 0 aliphatic rings. The van der Waals surface area contributed by atoms with Gasteiger partial charge < -0.3 is 15.0 Å². The van der Waals surface area contributed by atoms with Gasteiger partial charge in [-0.25, -0.2) is 4.79 Å². The molecule has 0 saturated heterocycles. The Morgan fingerprint density at radius 3 is 2.58 bits per heavy atom. The molecule has 4 nitrogen and oxygen atoms in total. The Labute approximate surface area is 75.4 Å². The van der Waals surface area contributed by atoms with Crippen LogP contribution in [0.4, 0.5) is 4.79 Å². The zero-order valence-corrected chi connectivity index (χ0v) is 8.26. The van der Waals surface area contributed by atoms with E-state index in [1.54, 1.807) is 0 Å². The van der Waals surface area contributed by atoms with Crippen LogP contribution in [0.5, 0.6) is 0 Å². The fraction of sp³-hybridized carbons (Fsp3) is 0.875. The van der Waals surface area contributed by atoms with Crippen LogP contribution in [-0.2, 0) is 4.74 Å². The van der Waals surface area contributed by atoms with E-state index in [2.05, 4.69) is 5.32 Å². The highest BCUT2D eigenvalue weighted by molar-refractivity contribution is 5.67. The molecule has 0 saturated carbocycles. The molecule has 0 aliphatic heterocycles. The van der Waals surface area contributed by atoms with E-state index in [0.717, 1.165) is 6.54 Å². The SMILES string of the molecule is CC(C)OC(=O)NCCN(C)C.[HH]. The summed E-state index contributed by atoms with van der Waals surface area (Å²) in [4.78, 5) is 12.9. The van der Waals surface area contributed by atoms with Gasteiger partial charge in [0.2, 0.25) is 0 Å². The van der Waals surface area contributed by atoms with E-state index in [0.29, 0.717) is 6.54 Å². The maximum Gasteiger partial charge on any atom is 0.407 e. The van der Waals surface area contributed by atoms with Crippen LogP contribution in [0.1, 0.15) is 15.3 Å². The molecule has 0 aliphatic carbocycles. The lowest BCUT2D eigenvalue weighted by Crippen LogP contribution is -2.32.